The quantitative estimate of drug-likeness (QED) is 0.784. The molecule has 1 amide bonds. The van der Waals surface area contributed by atoms with Gasteiger partial charge in [-0.1, -0.05) is 12.1 Å². The molecule has 2 N–H and O–H groups in total. The monoisotopic (exact) mass is 295 g/mol. The first kappa shape index (κ1) is 15.3. The van der Waals surface area contributed by atoms with Crippen LogP contribution in [0.5, 0.6) is 5.75 Å². The zero-order valence-electron chi connectivity index (χ0n) is 12.0. The van der Waals surface area contributed by atoms with E-state index in [9.17, 15) is 19.1 Å². The molecule has 0 aliphatic heterocycles. The van der Waals surface area contributed by atoms with Crippen LogP contribution in [0.3, 0.4) is 0 Å². The molecule has 5 nitrogen and oxygen atoms in total. The molecule has 1 fully saturated rings. The molecule has 0 spiro atoms. The van der Waals surface area contributed by atoms with Crippen LogP contribution in [-0.2, 0) is 16.0 Å². The Kier molecular flexibility index (Phi) is 4.16. The van der Waals surface area contributed by atoms with Crippen LogP contribution >= 0.6 is 0 Å². The van der Waals surface area contributed by atoms with Crippen LogP contribution in [-0.4, -0.2) is 30.1 Å². The van der Waals surface area contributed by atoms with Crippen LogP contribution < -0.4 is 10.1 Å². The summed E-state index contributed by atoms with van der Waals surface area (Å²) in [7, 11) is 1.33. The zero-order chi connectivity index (χ0) is 15.6. The highest BCUT2D eigenvalue weighted by Crippen LogP contribution is 2.30. The fraction of sp³-hybridized carbons (Fsp3) is 0.467. The van der Waals surface area contributed by atoms with Gasteiger partial charge >= 0.3 is 5.97 Å². The van der Waals surface area contributed by atoms with Crippen molar-refractivity contribution in [2.75, 3.05) is 7.11 Å². The minimum Gasteiger partial charge on any atom is -0.494 e. The van der Waals surface area contributed by atoms with Crippen LogP contribution in [0.25, 0.3) is 0 Å². The van der Waals surface area contributed by atoms with Crippen LogP contribution in [0.4, 0.5) is 4.39 Å². The fourth-order valence-electron chi connectivity index (χ4n) is 2.06. The molecular formula is C15H18FNO4. The minimum absolute atomic E-state index is 0.0304. The fourth-order valence-corrected chi connectivity index (χ4v) is 2.06. The summed E-state index contributed by atoms with van der Waals surface area (Å²) in [5, 5.41) is 12.1. The van der Waals surface area contributed by atoms with Gasteiger partial charge in [0.25, 0.3) is 0 Å². The van der Waals surface area contributed by atoms with E-state index in [4.69, 9.17) is 4.74 Å². The van der Waals surface area contributed by atoms with Crippen LogP contribution in [0, 0.1) is 11.2 Å². The van der Waals surface area contributed by atoms with Gasteiger partial charge in [-0.05, 0) is 31.4 Å². The van der Waals surface area contributed by atoms with Gasteiger partial charge in [-0.3, -0.25) is 9.59 Å². The molecule has 1 atom stereocenters. The Hall–Kier alpha value is -2.11. The molecule has 1 aliphatic carbocycles. The van der Waals surface area contributed by atoms with Gasteiger partial charge in [0, 0.05) is 12.5 Å². The van der Waals surface area contributed by atoms with Crippen molar-refractivity contribution in [1.82, 2.24) is 5.32 Å². The summed E-state index contributed by atoms with van der Waals surface area (Å²) in [6, 6.07) is 4.52. The number of methoxy groups -OCH3 is 1. The Balaban J connectivity index is 2.27. The SMILES string of the molecule is COc1cccc(CC(C)(C(=O)O)C(=O)NC2CC2)c1F. The molecule has 1 unspecified atom stereocenters. The van der Waals surface area contributed by atoms with Crippen LogP contribution in [0.2, 0.25) is 0 Å². The maximum absolute atomic E-state index is 14.2. The second-order valence-corrected chi connectivity index (χ2v) is 5.50. The number of nitrogens with one attached hydrogen (secondary N) is 1. The second kappa shape index (κ2) is 5.71. The van der Waals surface area contributed by atoms with Gasteiger partial charge in [-0.15, -0.1) is 0 Å². The molecular weight excluding hydrogens is 277 g/mol. The molecule has 6 heteroatoms. The Morgan fingerprint density at radius 2 is 2.14 bits per heavy atom. The summed E-state index contributed by atoms with van der Waals surface area (Å²) in [5.74, 6) is -2.46. The minimum atomic E-state index is -1.71. The molecule has 1 aliphatic rings. The number of hydrogen-bond acceptors (Lipinski definition) is 3. The number of carboxylic acids is 1. The standard InChI is InChI=1S/C15H18FNO4/c1-15(14(19)20,13(18)17-10-6-7-10)8-9-4-3-5-11(21-2)12(9)16/h3-5,10H,6-8H2,1-2H3,(H,17,18)(H,19,20). The van der Waals surface area contributed by atoms with Crippen LogP contribution in [0.1, 0.15) is 25.3 Å². The number of aliphatic carboxylic acids is 1. The summed E-state index contributed by atoms with van der Waals surface area (Å²) in [6.45, 7) is 1.31. The summed E-state index contributed by atoms with van der Waals surface area (Å²) in [4.78, 5) is 23.7. The number of ether oxygens (including phenoxy) is 1. The third-order valence-electron chi connectivity index (χ3n) is 3.69. The highest BCUT2D eigenvalue weighted by molar-refractivity contribution is 6.02. The molecule has 0 radical (unpaired) electrons. The normalized spacial score (nSPS) is 16.9. The molecule has 1 aromatic rings. The highest BCUT2D eigenvalue weighted by atomic mass is 19.1. The third-order valence-corrected chi connectivity index (χ3v) is 3.69. The van der Waals surface area contributed by atoms with Crippen molar-refractivity contribution >= 4 is 11.9 Å². The topological polar surface area (TPSA) is 75.6 Å². The average molecular weight is 295 g/mol. The summed E-state index contributed by atoms with van der Waals surface area (Å²) in [6.07, 6.45) is 1.48. The van der Waals surface area contributed by atoms with Gasteiger partial charge in [0.15, 0.2) is 11.6 Å². The molecule has 21 heavy (non-hydrogen) atoms. The molecule has 1 aromatic carbocycles. The van der Waals surface area contributed by atoms with E-state index in [1.807, 2.05) is 0 Å². The lowest BCUT2D eigenvalue weighted by Crippen LogP contribution is -2.46. The predicted molar refractivity (Wildman–Crippen MR) is 73.6 cm³/mol. The van der Waals surface area contributed by atoms with Crippen molar-refractivity contribution in [3.8, 4) is 5.75 Å². The largest absolute Gasteiger partial charge is 0.494 e. The molecule has 1 saturated carbocycles. The Labute approximate surface area is 122 Å². The molecule has 0 bridgehead atoms. The third kappa shape index (κ3) is 3.15. The van der Waals surface area contributed by atoms with E-state index in [1.165, 1.54) is 26.2 Å². The summed E-state index contributed by atoms with van der Waals surface area (Å²) < 4.78 is 19.0. The molecule has 2 rings (SSSR count). The Morgan fingerprint density at radius 3 is 2.67 bits per heavy atom. The van der Waals surface area contributed by atoms with E-state index < -0.39 is 23.1 Å². The number of rotatable bonds is 6. The van der Waals surface area contributed by atoms with Gasteiger partial charge in [-0.25, -0.2) is 4.39 Å². The number of hydrogen-bond donors (Lipinski definition) is 2. The van der Waals surface area contributed by atoms with Gasteiger partial charge in [-0.2, -0.15) is 0 Å². The number of halogens is 1. The molecule has 0 aromatic heterocycles. The lowest BCUT2D eigenvalue weighted by Gasteiger charge is -2.24. The average Bonchev–Trinajstić information content (AvgIpc) is 3.24. The maximum atomic E-state index is 14.2. The summed E-state index contributed by atoms with van der Waals surface area (Å²) >= 11 is 0. The van der Waals surface area contributed by atoms with E-state index in [2.05, 4.69) is 5.32 Å². The second-order valence-electron chi connectivity index (χ2n) is 5.50. The van der Waals surface area contributed by atoms with Gasteiger partial charge in [0.05, 0.1) is 7.11 Å². The first-order valence-corrected chi connectivity index (χ1v) is 6.74. The number of benzene rings is 1. The highest BCUT2D eigenvalue weighted by Gasteiger charge is 2.44. The Bertz CT molecular complexity index is 571. The number of carbonyl (C=O) groups excluding carboxylic acids is 1. The molecule has 0 heterocycles. The number of carbonyl (C=O) groups is 2. The molecule has 0 saturated heterocycles. The predicted octanol–water partition coefficient (Wildman–Crippen LogP) is 1.75. The van der Waals surface area contributed by atoms with Crippen LogP contribution in [0.15, 0.2) is 18.2 Å². The van der Waals surface area contributed by atoms with Gasteiger partial charge in [0.1, 0.15) is 5.41 Å². The Morgan fingerprint density at radius 1 is 1.48 bits per heavy atom. The first-order valence-electron chi connectivity index (χ1n) is 6.74. The van der Waals surface area contributed by atoms with E-state index in [0.29, 0.717) is 0 Å². The van der Waals surface area contributed by atoms with E-state index >= 15 is 0 Å². The van der Waals surface area contributed by atoms with E-state index in [0.717, 1.165) is 12.8 Å². The van der Waals surface area contributed by atoms with Crippen molar-refractivity contribution in [3.05, 3.63) is 29.6 Å². The smallest absolute Gasteiger partial charge is 0.319 e. The molecule has 114 valence electrons. The van der Waals surface area contributed by atoms with Gasteiger partial charge in [0.2, 0.25) is 5.91 Å². The van der Waals surface area contributed by atoms with E-state index in [1.54, 1.807) is 6.07 Å². The lowest BCUT2D eigenvalue weighted by atomic mass is 9.82. The van der Waals surface area contributed by atoms with Crippen molar-refractivity contribution in [3.63, 3.8) is 0 Å². The maximum Gasteiger partial charge on any atom is 0.319 e. The number of carboxylic acid groups (broad SMARTS) is 1. The summed E-state index contributed by atoms with van der Waals surface area (Å²) in [5.41, 5.74) is -1.57. The van der Waals surface area contributed by atoms with Gasteiger partial charge < -0.3 is 15.2 Å². The van der Waals surface area contributed by atoms with Crippen molar-refractivity contribution in [1.29, 1.82) is 0 Å². The van der Waals surface area contributed by atoms with Crippen molar-refractivity contribution in [2.24, 2.45) is 5.41 Å². The van der Waals surface area contributed by atoms with E-state index in [-0.39, 0.29) is 23.8 Å². The van der Waals surface area contributed by atoms with Crippen molar-refractivity contribution in [2.45, 2.75) is 32.2 Å². The zero-order valence-corrected chi connectivity index (χ0v) is 12.0. The first-order chi connectivity index (χ1) is 9.88. The lowest BCUT2D eigenvalue weighted by molar-refractivity contribution is -0.154. The number of amides is 1. The van der Waals surface area contributed by atoms with Crippen molar-refractivity contribution < 1.29 is 23.8 Å².